The fraction of sp³-hybridized carbons (Fsp3) is 0.875. The average molecular weight is 160 g/mol. The Hall–Kier alpha value is -0.410. The predicted molar refractivity (Wildman–Crippen MR) is 42.2 cm³/mol. The Morgan fingerprint density at radius 3 is 2.45 bits per heavy atom. The van der Waals surface area contributed by atoms with E-state index in [4.69, 9.17) is 5.11 Å². The number of aliphatic hydroxyl groups is 2. The lowest BCUT2D eigenvalue weighted by atomic mass is 9.99. The highest BCUT2D eigenvalue weighted by Crippen LogP contribution is 2.12. The molecule has 0 aromatic rings. The Bertz CT molecular complexity index is 129. The van der Waals surface area contributed by atoms with Crippen molar-refractivity contribution in [1.82, 2.24) is 0 Å². The molecule has 0 bridgehead atoms. The van der Waals surface area contributed by atoms with E-state index >= 15 is 0 Å². The van der Waals surface area contributed by atoms with Gasteiger partial charge in [0.15, 0.2) is 0 Å². The molecule has 1 atom stereocenters. The first-order valence-electron chi connectivity index (χ1n) is 3.80. The lowest BCUT2D eigenvalue weighted by Crippen LogP contribution is -2.28. The van der Waals surface area contributed by atoms with E-state index in [1.54, 1.807) is 6.92 Å². The molecule has 0 aliphatic heterocycles. The smallest absolute Gasteiger partial charge is 0.129 e. The van der Waals surface area contributed by atoms with Crippen LogP contribution in [0.2, 0.25) is 0 Å². The third-order valence-electron chi connectivity index (χ3n) is 1.58. The minimum absolute atomic E-state index is 0.124. The first-order valence-corrected chi connectivity index (χ1v) is 3.80. The molecular weight excluding hydrogens is 144 g/mol. The number of Topliss-reactive ketones (excluding diaryl/α,β-unsaturated/α-hetero) is 1. The molecule has 2 N–H and O–H groups in total. The largest absolute Gasteiger partial charge is 0.393 e. The lowest BCUT2D eigenvalue weighted by molar-refractivity contribution is -0.117. The number of aliphatic hydroxyl groups excluding tert-OH is 1. The molecule has 0 aliphatic rings. The van der Waals surface area contributed by atoms with Crippen molar-refractivity contribution in [3.63, 3.8) is 0 Å². The van der Waals surface area contributed by atoms with E-state index in [9.17, 15) is 9.90 Å². The number of carbonyl (C=O) groups is 1. The Morgan fingerprint density at radius 2 is 2.09 bits per heavy atom. The van der Waals surface area contributed by atoms with Crippen LogP contribution in [0.4, 0.5) is 0 Å². The van der Waals surface area contributed by atoms with E-state index < -0.39 is 5.60 Å². The van der Waals surface area contributed by atoms with Gasteiger partial charge in [0.25, 0.3) is 0 Å². The SMILES string of the molecule is CC(=O)CCC[C@@](C)(O)CO. The van der Waals surface area contributed by atoms with Gasteiger partial charge in [0.2, 0.25) is 0 Å². The fourth-order valence-corrected chi connectivity index (χ4v) is 0.797. The summed E-state index contributed by atoms with van der Waals surface area (Å²) in [6, 6.07) is 0. The minimum Gasteiger partial charge on any atom is -0.393 e. The van der Waals surface area contributed by atoms with Gasteiger partial charge >= 0.3 is 0 Å². The molecule has 0 aliphatic carbocycles. The van der Waals surface area contributed by atoms with Crippen LogP contribution in [-0.4, -0.2) is 28.2 Å². The van der Waals surface area contributed by atoms with Gasteiger partial charge < -0.3 is 15.0 Å². The molecule has 0 aromatic carbocycles. The second-order valence-electron chi connectivity index (χ2n) is 3.21. The summed E-state index contributed by atoms with van der Waals surface area (Å²) in [5.74, 6) is 0.124. The molecule has 0 unspecified atom stereocenters. The fourth-order valence-electron chi connectivity index (χ4n) is 0.797. The van der Waals surface area contributed by atoms with E-state index in [1.807, 2.05) is 0 Å². The van der Waals surface area contributed by atoms with Crippen molar-refractivity contribution < 1.29 is 15.0 Å². The molecule has 0 saturated heterocycles. The van der Waals surface area contributed by atoms with Gasteiger partial charge in [0, 0.05) is 6.42 Å². The monoisotopic (exact) mass is 160 g/mol. The number of ketones is 1. The van der Waals surface area contributed by atoms with Crippen LogP contribution in [0.1, 0.15) is 33.1 Å². The summed E-state index contributed by atoms with van der Waals surface area (Å²) < 4.78 is 0. The maximum atomic E-state index is 10.5. The summed E-state index contributed by atoms with van der Waals surface area (Å²) in [6.07, 6.45) is 1.60. The Kier molecular flexibility index (Phi) is 4.30. The van der Waals surface area contributed by atoms with Gasteiger partial charge in [0.05, 0.1) is 12.2 Å². The Labute approximate surface area is 67.0 Å². The van der Waals surface area contributed by atoms with E-state index in [0.29, 0.717) is 19.3 Å². The zero-order chi connectivity index (χ0) is 8.91. The van der Waals surface area contributed by atoms with Gasteiger partial charge in [0.1, 0.15) is 5.78 Å². The third kappa shape index (κ3) is 6.01. The standard InChI is InChI=1S/C8H16O3/c1-7(10)4-3-5-8(2,11)6-9/h9,11H,3-6H2,1-2H3/t8-/m1/s1. The molecule has 3 nitrogen and oxygen atoms in total. The van der Waals surface area contributed by atoms with Crippen molar-refractivity contribution in [2.24, 2.45) is 0 Å². The van der Waals surface area contributed by atoms with E-state index in [2.05, 4.69) is 0 Å². The molecule has 0 heterocycles. The van der Waals surface area contributed by atoms with E-state index in [0.717, 1.165) is 0 Å². The number of hydrogen-bond acceptors (Lipinski definition) is 3. The van der Waals surface area contributed by atoms with Gasteiger partial charge in [-0.25, -0.2) is 0 Å². The van der Waals surface area contributed by atoms with E-state index in [-0.39, 0.29) is 12.4 Å². The van der Waals surface area contributed by atoms with Gasteiger partial charge in [-0.15, -0.1) is 0 Å². The molecular formula is C8H16O3. The van der Waals surface area contributed by atoms with Crippen LogP contribution in [0.5, 0.6) is 0 Å². The molecule has 11 heavy (non-hydrogen) atoms. The molecule has 66 valence electrons. The van der Waals surface area contributed by atoms with Gasteiger partial charge in [-0.3, -0.25) is 0 Å². The summed E-state index contributed by atoms with van der Waals surface area (Å²) in [5.41, 5.74) is -1.02. The second kappa shape index (κ2) is 4.46. The van der Waals surface area contributed by atoms with Crippen molar-refractivity contribution in [1.29, 1.82) is 0 Å². The maximum Gasteiger partial charge on any atom is 0.129 e. The van der Waals surface area contributed by atoms with Crippen LogP contribution in [0.15, 0.2) is 0 Å². The summed E-state index contributed by atoms with van der Waals surface area (Å²) in [6.45, 7) is 2.84. The Balaban J connectivity index is 3.45. The highest BCUT2D eigenvalue weighted by atomic mass is 16.3. The Morgan fingerprint density at radius 1 is 1.55 bits per heavy atom. The molecule has 0 amide bonds. The topological polar surface area (TPSA) is 57.5 Å². The third-order valence-corrected chi connectivity index (χ3v) is 1.58. The van der Waals surface area contributed by atoms with Crippen LogP contribution in [0, 0.1) is 0 Å². The van der Waals surface area contributed by atoms with Crippen LogP contribution in [0.3, 0.4) is 0 Å². The zero-order valence-corrected chi connectivity index (χ0v) is 7.13. The highest BCUT2D eigenvalue weighted by Gasteiger charge is 2.17. The van der Waals surface area contributed by atoms with Crippen LogP contribution in [0.25, 0.3) is 0 Å². The van der Waals surface area contributed by atoms with Crippen molar-refractivity contribution >= 4 is 5.78 Å². The van der Waals surface area contributed by atoms with Crippen LogP contribution in [-0.2, 0) is 4.79 Å². The molecule has 0 saturated carbocycles. The van der Waals surface area contributed by atoms with Gasteiger partial charge in [-0.05, 0) is 26.7 Å². The predicted octanol–water partition coefficient (Wildman–Crippen LogP) is 0.489. The highest BCUT2D eigenvalue weighted by molar-refractivity contribution is 5.75. The van der Waals surface area contributed by atoms with Crippen LogP contribution < -0.4 is 0 Å². The van der Waals surface area contributed by atoms with Crippen molar-refractivity contribution in [2.45, 2.75) is 38.7 Å². The number of hydrogen-bond donors (Lipinski definition) is 2. The van der Waals surface area contributed by atoms with Crippen LogP contribution >= 0.6 is 0 Å². The van der Waals surface area contributed by atoms with Crippen molar-refractivity contribution in [3.8, 4) is 0 Å². The van der Waals surface area contributed by atoms with Gasteiger partial charge in [-0.2, -0.15) is 0 Å². The normalized spacial score (nSPS) is 16.0. The van der Waals surface area contributed by atoms with Crippen molar-refractivity contribution in [2.75, 3.05) is 6.61 Å². The molecule has 0 fully saturated rings. The second-order valence-corrected chi connectivity index (χ2v) is 3.21. The molecule has 0 spiro atoms. The lowest BCUT2D eigenvalue weighted by Gasteiger charge is -2.19. The summed E-state index contributed by atoms with van der Waals surface area (Å²) in [5, 5.41) is 17.9. The molecule has 0 aromatic heterocycles. The van der Waals surface area contributed by atoms with Crippen molar-refractivity contribution in [3.05, 3.63) is 0 Å². The first kappa shape index (κ1) is 10.6. The average Bonchev–Trinajstić information content (AvgIpc) is 1.87. The molecule has 3 heteroatoms. The quantitative estimate of drug-likeness (QED) is 0.615. The minimum atomic E-state index is -1.02. The first-order chi connectivity index (χ1) is 4.98. The zero-order valence-electron chi connectivity index (χ0n) is 7.13. The maximum absolute atomic E-state index is 10.5. The number of rotatable bonds is 5. The summed E-state index contributed by atoms with van der Waals surface area (Å²) in [7, 11) is 0. The summed E-state index contributed by atoms with van der Waals surface area (Å²) in [4.78, 5) is 10.5. The number of carbonyl (C=O) groups excluding carboxylic acids is 1. The summed E-state index contributed by atoms with van der Waals surface area (Å²) >= 11 is 0. The van der Waals surface area contributed by atoms with E-state index in [1.165, 1.54) is 6.92 Å². The molecule has 0 radical (unpaired) electrons. The van der Waals surface area contributed by atoms with Gasteiger partial charge in [-0.1, -0.05) is 0 Å². The molecule has 0 rings (SSSR count).